The van der Waals surface area contributed by atoms with Crippen molar-refractivity contribution < 1.29 is 22.0 Å². The minimum absolute atomic E-state index is 0.170. The molecule has 0 saturated carbocycles. The predicted octanol–water partition coefficient (Wildman–Crippen LogP) is 4.10. The summed E-state index contributed by atoms with van der Waals surface area (Å²) in [6.45, 7) is 4.05. The first kappa shape index (κ1) is 27.4. The Bertz CT molecular complexity index is 1480. The van der Waals surface area contributed by atoms with Crippen LogP contribution in [0.3, 0.4) is 0 Å². The predicted molar refractivity (Wildman–Crippen MR) is 139 cm³/mol. The highest BCUT2D eigenvalue weighted by Crippen LogP contribution is 2.22. The molecule has 1 heterocycles. The second-order valence-electron chi connectivity index (χ2n) is 8.29. The zero-order valence-corrected chi connectivity index (χ0v) is 21.8. The monoisotopic (exact) mass is 526 g/mol. The number of halogens is 1. The highest BCUT2D eigenvalue weighted by atomic mass is 32.2. The van der Waals surface area contributed by atoms with Gasteiger partial charge in [0, 0.05) is 44.3 Å². The lowest BCUT2D eigenvalue weighted by molar-refractivity contribution is -0.652. The molecule has 0 saturated heterocycles. The van der Waals surface area contributed by atoms with Crippen LogP contribution >= 0.6 is 0 Å². The molecule has 0 amide bonds. The van der Waals surface area contributed by atoms with Crippen LogP contribution in [0, 0.1) is 19.7 Å². The zero-order chi connectivity index (χ0) is 27.2. The Morgan fingerprint density at radius 3 is 1.97 bits per heavy atom. The lowest BCUT2D eigenvalue weighted by Gasteiger charge is -2.11. The molecule has 0 radical (unpaired) electrons. The first-order chi connectivity index (χ1) is 17.5. The third-order valence-electron chi connectivity index (χ3n) is 5.40. The summed E-state index contributed by atoms with van der Waals surface area (Å²) in [5.74, 6) is 7.01. The van der Waals surface area contributed by atoms with Gasteiger partial charge in [-0.1, -0.05) is 18.2 Å². The molecule has 12 heteroatoms. The first-order valence-corrected chi connectivity index (χ1v) is 12.6. The third kappa shape index (κ3) is 7.41. The quantitative estimate of drug-likeness (QED) is 0.168. The number of aromatic nitrogens is 3. The van der Waals surface area contributed by atoms with Gasteiger partial charge < -0.3 is 4.90 Å². The average molecular weight is 527 g/mol. The maximum Gasteiger partial charge on any atom is 0.295 e. The van der Waals surface area contributed by atoms with E-state index in [-0.39, 0.29) is 10.7 Å². The van der Waals surface area contributed by atoms with Crippen molar-refractivity contribution in [1.82, 2.24) is 9.78 Å². The minimum atomic E-state index is -4.18. The van der Waals surface area contributed by atoms with Gasteiger partial charge in [-0.05, 0) is 54.6 Å². The lowest BCUT2D eigenvalue weighted by atomic mass is 10.2. The molecule has 0 fully saturated rings. The van der Waals surface area contributed by atoms with Crippen LogP contribution < -0.4 is 15.4 Å². The Morgan fingerprint density at radius 2 is 1.51 bits per heavy atom. The number of nitrogens with zero attached hydrogens (tertiary/aromatic N) is 6. The van der Waals surface area contributed by atoms with Crippen molar-refractivity contribution in [2.24, 2.45) is 10.2 Å². The van der Waals surface area contributed by atoms with Crippen LogP contribution in [0.15, 0.2) is 87.9 Å². The Labute approximate surface area is 215 Å². The molecular formula is C25H29FN7O3S+. The van der Waals surface area contributed by atoms with Crippen LogP contribution in [0.1, 0.15) is 17.2 Å². The van der Waals surface area contributed by atoms with Crippen LogP contribution in [-0.4, -0.2) is 36.8 Å². The van der Waals surface area contributed by atoms with Gasteiger partial charge in [0.2, 0.25) is 0 Å². The van der Waals surface area contributed by atoms with E-state index in [4.69, 9.17) is 10.4 Å². The SMILES string of the molecule is CN(C)c1ccc(N=Nc2ccc(S(=O)(=O)O)cc2)cc1.Cc1nn(Cc2ccccc2F)c(C)[n+]1N. The molecule has 4 rings (SSSR count). The Morgan fingerprint density at radius 1 is 0.973 bits per heavy atom. The van der Waals surface area contributed by atoms with Crippen molar-refractivity contribution in [1.29, 1.82) is 0 Å². The molecule has 0 aliphatic carbocycles. The summed E-state index contributed by atoms with van der Waals surface area (Å²) in [7, 11) is -0.273. The highest BCUT2D eigenvalue weighted by molar-refractivity contribution is 7.85. The van der Waals surface area contributed by atoms with Gasteiger partial charge in [0.05, 0.1) is 16.3 Å². The largest absolute Gasteiger partial charge is 0.378 e. The number of rotatable bonds is 6. The first-order valence-electron chi connectivity index (χ1n) is 11.2. The van der Waals surface area contributed by atoms with Crippen LogP contribution in [0.25, 0.3) is 0 Å². The molecule has 0 unspecified atom stereocenters. The van der Waals surface area contributed by atoms with E-state index in [2.05, 4.69) is 15.3 Å². The van der Waals surface area contributed by atoms with Gasteiger partial charge in [-0.3, -0.25) is 10.4 Å². The number of hydrogen-bond acceptors (Lipinski definition) is 7. The van der Waals surface area contributed by atoms with E-state index in [1.54, 1.807) is 22.9 Å². The van der Waals surface area contributed by atoms with Crippen LogP contribution in [0.2, 0.25) is 0 Å². The summed E-state index contributed by atoms with van der Waals surface area (Å²) in [6.07, 6.45) is 0. The fraction of sp³-hybridized carbons (Fsp3) is 0.200. The van der Waals surface area contributed by atoms with Gasteiger partial charge in [0.1, 0.15) is 12.4 Å². The topological polar surface area (TPSA) is 130 Å². The van der Waals surface area contributed by atoms with Crippen molar-refractivity contribution in [2.45, 2.75) is 25.3 Å². The van der Waals surface area contributed by atoms with Gasteiger partial charge in [0.15, 0.2) is 0 Å². The second-order valence-corrected chi connectivity index (χ2v) is 9.71. The van der Waals surface area contributed by atoms with Crippen LogP contribution in [0.5, 0.6) is 0 Å². The summed E-state index contributed by atoms with van der Waals surface area (Å²) in [5.41, 5.74) is 2.86. The molecule has 194 valence electrons. The minimum Gasteiger partial charge on any atom is -0.378 e. The standard InChI is InChI=1S/C14H15N3O3S.C11H14FN4/c1-17(2)13-7-3-11(4-8-13)15-16-12-5-9-14(10-6-12)21(18,19)20;1-8-14-15(9(2)16(8)13)7-10-5-3-4-6-11(10)12/h3-10H,1-2H3,(H,18,19,20);3-6H,7,13H2,1-2H3/q;+1. The molecule has 0 atom stereocenters. The lowest BCUT2D eigenvalue weighted by Crippen LogP contribution is -2.48. The zero-order valence-electron chi connectivity index (χ0n) is 20.9. The molecule has 0 bridgehead atoms. The number of hydrogen-bond donors (Lipinski definition) is 2. The van der Waals surface area contributed by atoms with Gasteiger partial charge in [-0.15, -0.1) is 9.36 Å². The van der Waals surface area contributed by atoms with Gasteiger partial charge in [-0.25, -0.2) is 4.39 Å². The van der Waals surface area contributed by atoms with Crippen molar-refractivity contribution in [2.75, 3.05) is 24.8 Å². The fourth-order valence-electron chi connectivity index (χ4n) is 3.21. The van der Waals surface area contributed by atoms with Crippen LogP contribution in [0.4, 0.5) is 21.5 Å². The summed E-state index contributed by atoms with van der Waals surface area (Å²) >= 11 is 0. The molecule has 0 spiro atoms. The molecule has 3 aromatic carbocycles. The molecule has 4 aromatic rings. The molecule has 1 aromatic heterocycles. The summed E-state index contributed by atoms with van der Waals surface area (Å²) in [6, 6.07) is 19.7. The molecule has 0 aliphatic heterocycles. The van der Waals surface area contributed by atoms with E-state index in [1.165, 1.54) is 35.0 Å². The molecule has 0 aliphatic rings. The summed E-state index contributed by atoms with van der Waals surface area (Å²) in [5, 5.41) is 12.3. The number of nitrogen functional groups attached to an aromatic ring is 1. The number of aryl methyl sites for hydroxylation is 1. The average Bonchev–Trinajstić information content (AvgIpc) is 3.11. The van der Waals surface area contributed by atoms with Gasteiger partial charge >= 0.3 is 0 Å². The van der Waals surface area contributed by atoms with E-state index in [1.807, 2.05) is 57.1 Å². The second kappa shape index (κ2) is 11.7. The van der Waals surface area contributed by atoms with Crippen molar-refractivity contribution in [3.63, 3.8) is 0 Å². The number of azo groups is 1. The normalized spacial score (nSPS) is 11.3. The van der Waals surface area contributed by atoms with E-state index in [0.717, 1.165) is 11.5 Å². The Hall–Kier alpha value is -4.16. The molecular weight excluding hydrogens is 497 g/mol. The maximum atomic E-state index is 13.4. The fourth-order valence-corrected chi connectivity index (χ4v) is 3.69. The summed E-state index contributed by atoms with van der Waals surface area (Å²) in [4.78, 5) is 1.81. The third-order valence-corrected chi connectivity index (χ3v) is 6.26. The van der Waals surface area contributed by atoms with Gasteiger partial charge in [-0.2, -0.15) is 18.6 Å². The highest BCUT2D eigenvalue weighted by Gasteiger charge is 2.18. The van der Waals surface area contributed by atoms with Crippen molar-refractivity contribution >= 4 is 27.2 Å². The maximum absolute atomic E-state index is 13.4. The summed E-state index contributed by atoms with van der Waals surface area (Å²) < 4.78 is 47.3. The van der Waals surface area contributed by atoms with E-state index in [9.17, 15) is 12.8 Å². The Kier molecular flexibility index (Phi) is 8.69. The van der Waals surface area contributed by atoms with E-state index >= 15 is 0 Å². The molecule has 37 heavy (non-hydrogen) atoms. The van der Waals surface area contributed by atoms with Crippen LogP contribution in [-0.2, 0) is 16.7 Å². The van der Waals surface area contributed by atoms with Crippen molar-refractivity contribution in [3.05, 3.63) is 95.8 Å². The number of nitrogens with two attached hydrogens (primary N) is 1. The van der Waals surface area contributed by atoms with E-state index < -0.39 is 10.1 Å². The number of benzene rings is 3. The van der Waals surface area contributed by atoms with Crippen molar-refractivity contribution in [3.8, 4) is 0 Å². The van der Waals surface area contributed by atoms with E-state index in [0.29, 0.717) is 29.3 Å². The molecule has 10 nitrogen and oxygen atoms in total. The number of anilines is 1. The smallest absolute Gasteiger partial charge is 0.295 e. The Balaban J connectivity index is 0.000000213. The molecule has 3 N–H and O–H groups in total. The van der Waals surface area contributed by atoms with Gasteiger partial charge in [0.25, 0.3) is 21.8 Å².